The number of hydrogen-bond donors (Lipinski definition) is 0. The van der Waals surface area contributed by atoms with Crippen LogP contribution >= 0.6 is 8.58 Å². The average molecular weight is 565 g/mol. The Balaban J connectivity index is 0.000000220. The molecule has 0 saturated carbocycles. The van der Waals surface area contributed by atoms with Crippen molar-refractivity contribution in [3.63, 3.8) is 0 Å². The zero-order valence-corrected chi connectivity index (χ0v) is 23.2. The molecule has 0 aliphatic heterocycles. The zero-order valence-electron chi connectivity index (χ0n) is 18.2. The minimum Gasteiger partial charge on any atom is -1.00 e. The van der Waals surface area contributed by atoms with Gasteiger partial charge in [0, 0.05) is 0 Å². The third kappa shape index (κ3) is 6.23. The van der Waals surface area contributed by atoms with Gasteiger partial charge in [-0.2, -0.15) is 6.07 Å². The van der Waals surface area contributed by atoms with Crippen LogP contribution in [0, 0.1) is 6.92 Å². The molecule has 0 nitrogen and oxygen atoms in total. The van der Waals surface area contributed by atoms with E-state index in [1.807, 2.05) is 0 Å². The summed E-state index contributed by atoms with van der Waals surface area (Å²) in [5.41, 5.74) is 1.39. The number of hydrogen-bond acceptors (Lipinski definition) is 0. The van der Waals surface area contributed by atoms with Crippen LogP contribution in [-0.4, -0.2) is 0 Å². The molecule has 0 aliphatic carbocycles. The van der Waals surface area contributed by atoms with Crippen LogP contribution in [0.4, 0.5) is 0 Å². The predicted molar refractivity (Wildman–Crippen MR) is 135 cm³/mol. The Morgan fingerprint density at radius 3 is 1.70 bits per heavy atom. The molecular weight excluding hydrogens is 541 g/mol. The maximum absolute atomic E-state index is 2.31. The summed E-state index contributed by atoms with van der Waals surface area (Å²) in [5, 5.41) is 11.0. The summed E-state index contributed by atoms with van der Waals surface area (Å²) in [6.45, 7) is 2.19. The molecule has 1 atom stereocenters. The van der Waals surface area contributed by atoms with Crippen LogP contribution in [0.1, 0.15) is 5.56 Å². The number of benzene rings is 4. The topological polar surface area (TPSA) is 0 Å². The molecule has 0 heterocycles. The maximum Gasteiger partial charge on any atom is 4.00 e. The molecule has 4 heteroatoms. The van der Waals surface area contributed by atoms with Crippen molar-refractivity contribution < 1.29 is 51.0 Å². The van der Waals surface area contributed by atoms with Gasteiger partial charge in [-0.25, -0.2) is 0 Å². The van der Waals surface area contributed by atoms with Crippen LogP contribution in [0.2, 0.25) is 0 Å². The number of fused-ring (bicyclic) bond motifs is 4. The van der Waals surface area contributed by atoms with Gasteiger partial charge in [-0.3, -0.25) is 0 Å². The molecule has 162 valence electrons. The SMILES string of the molecule is Cc1ccccc1Pc1cc2ccccc2[cH-]1.[Cl-].[Cl-].[Zr+4].c1ccc2c(c1)[cH-]c1ccccc12. The zero-order chi connectivity index (χ0) is 20.3. The quantitative estimate of drug-likeness (QED) is 0.219. The Kier molecular flexibility index (Phi) is 10.5. The smallest absolute Gasteiger partial charge is 1.00 e. The van der Waals surface area contributed by atoms with Gasteiger partial charge in [0.25, 0.3) is 0 Å². The second-order valence-corrected chi connectivity index (χ2v) is 9.00. The van der Waals surface area contributed by atoms with Crippen LogP contribution < -0.4 is 35.4 Å². The van der Waals surface area contributed by atoms with Crippen LogP contribution in [0.3, 0.4) is 0 Å². The monoisotopic (exact) mass is 562 g/mol. The minimum absolute atomic E-state index is 0. The van der Waals surface area contributed by atoms with Gasteiger partial charge < -0.3 is 24.8 Å². The summed E-state index contributed by atoms with van der Waals surface area (Å²) < 4.78 is 0. The first-order valence-electron chi connectivity index (χ1n) is 10.3. The summed E-state index contributed by atoms with van der Waals surface area (Å²) >= 11 is 0. The fraction of sp³-hybridized carbons (Fsp3) is 0.0345. The van der Waals surface area contributed by atoms with E-state index in [-0.39, 0.29) is 51.0 Å². The summed E-state index contributed by atoms with van der Waals surface area (Å²) in [5.74, 6) is 0. The fourth-order valence-corrected chi connectivity index (χ4v) is 5.22. The molecule has 33 heavy (non-hydrogen) atoms. The first-order chi connectivity index (χ1) is 14.8. The van der Waals surface area contributed by atoms with E-state index in [4.69, 9.17) is 0 Å². The van der Waals surface area contributed by atoms with Crippen molar-refractivity contribution in [3.8, 4) is 0 Å². The molecule has 0 N–H and O–H groups in total. The van der Waals surface area contributed by atoms with Crippen molar-refractivity contribution in [2.75, 3.05) is 0 Å². The Morgan fingerprint density at radius 2 is 1.09 bits per heavy atom. The van der Waals surface area contributed by atoms with Gasteiger partial charge in [0.2, 0.25) is 0 Å². The second-order valence-electron chi connectivity index (χ2n) is 7.63. The maximum atomic E-state index is 2.31. The van der Waals surface area contributed by atoms with E-state index in [1.165, 1.54) is 48.5 Å². The largest absolute Gasteiger partial charge is 4.00 e. The van der Waals surface area contributed by atoms with Crippen molar-refractivity contribution in [3.05, 3.63) is 121 Å². The van der Waals surface area contributed by atoms with E-state index >= 15 is 0 Å². The van der Waals surface area contributed by atoms with E-state index in [9.17, 15) is 0 Å². The molecule has 0 aliphatic rings. The molecule has 0 aromatic heterocycles. The summed E-state index contributed by atoms with van der Waals surface area (Å²) in [6, 6.07) is 41.1. The van der Waals surface area contributed by atoms with Crippen molar-refractivity contribution >= 4 is 51.5 Å². The standard InChI is InChI=1S/C16H14P.C13H9.2ClH.Zr/c1-12-6-2-5-9-16(12)17-15-10-13-7-3-4-8-14(13)11-15;1-3-7-12-10(5-1)9-11-6-2-4-8-13(11)12;;;/h2-11,17H,1H3;1-9H;2*1H;/q2*-1;;;+4/p-2. The van der Waals surface area contributed by atoms with E-state index in [1.54, 1.807) is 0 Å². The Morgan fingerprint density at radius 1 is 0.576 bits per heavy atom. The van der Waals surface area contributed by atoms with Crippen molar-refractivity contribution in [1.82, 2.24) is 0 Å². The molecule has 1 unspecified atom stereocenters. The molecule has 0 fully saturated rings. The van der Waals surface area contributed by atoms with E-state index in [0.29, 0.717) is 0 Å². The van der Waals surface area contributed by atoms with Crippen LogP contribution in [0.25, 0.3) is 32.3 Å². The molecule has 6 aromatic carbocycles. The summed E-state index contributed by atoms with van der Waals surface area (Å²) in [6.07, 6.45) is 0. The third-order valence-corrected chi connectivity index (χ3v) is 6.97. The predicted octanol–water partition coefficient (Wildman–Crippen LogP) is 1.21. The Labute approximate surface area is 228 Å². The van der Waals surface area contributed by atoms with Crippen LogP contribution in [0.15, 0.2) is 115 Å². The van der Waals surface area contributed by atoms with E-state index in [2.05, 4.69) is 122 Å². The number of aryl methyl sites for hydroxylation is 1. The molecule has 0 spiro atoms. The second kappa shape index (κ2) is 12.6. The van der Waals surface area contributed by atoms with E-state index in [0.717, 1.165) is 8.58 Å². The molecular formula is C29H23Cl2PZr. The summed E-state index contributed by atoms with van der Waals surface area (Å²) in [7, 11) is 0.759. The van der Waals surface area contributed by atoms with Gasteiger partial charge in [-0.1, -0.05) is 75.3 Å². The molecule has 0 bridgehead atoms. The van der Waals surface area contributed by atoms with Crippen molar-refractivity contribution in [2.45, 2.75) is 6.92 Å². The number of halogens is 2. The van der Waals surface area contributed by atoms with Gasteiger partial charge >= 0.3 is 26.2 Å². The molecule has 0 saturated heterocycles. The normalized spacial score (nSPS) is 10.3. The first kappa shape index (κ1) is 27.5. The van der Waals surface area contributed by atoms with Crippen molar-refractivity contribution in [2.24, 2.45) is 0 Å². The molecule has 0 radical (unpaired) electrons. The molecule has 0 amide bonds. The van der Waals surface area contributed by atoms with Gasteiger partial charge in [0.05, 0.1) is 0 Å². The van der Waals surface area contributed by atoms with Gasteiger partial charge in [-0.05, 0) is 17.8 Å². The first-order valence-corrected chi connectivity index (χ1v) is 11.3. The summed E-state index contributed by atoms with van der Waals surface area (Å²) in [4.78, 5) is 0. The Hall–Kier alpha value is -1.75. The van der Waals surface area contributed by atoms with Gasteiger partial charge in [-0.15, -0.1) is 80.1 Å². The number of rotatable bonds is 2. The molecule has 6 rings (SSSR count). The third-order valence-electron chi connectivity index (χ3n) is 5.56. The van der Waals surface area contributed by atoms with Gasteiger partial charge in [0.15, 0.2) is 0 Å². The van der Waals surface area contributed by atoms with E-state index < -0.39 is 0 Å². The molecule has 6 aromatic rings. The van der Waals surface area contributed by atoms with Gasteiger partial charge in [0.1, 0.15) is 0 Å². The fourth-order valence-electron chi connectivity index (χ4n) is 4.00. The minimum atomic E-state index is 0. The van der Waals surface area contributed by atoms with Crippen molar-refractivity contribution in [1.29, 1.82) is 0 Å². The van der Waals surface area contributed by atoms with Crippen LogP contribution in [-0.2, 0) is 26.2 Å². The Bertz CT molecular complexity index is 1360. The average Bonchev–Trinajstić information content (AvgIpc) is 3.36. The van der Waals surface area contributed by atoms with Crippen LogP contribution in [0.5, 0.6) is 0 Å².